The lowest BCUT2D eigenvalue weighted by molar-refractivity contribution is 0.0870. The van der Waals surface area contributed by atoms with Gasteiger partial charge in [-0.15, -0.1) is 0 Å². The second kappa shape index (κ2) is 9.90. The van der Waals surface area contributed by atoms with Gasteiger partial charge in [0.05, 0.1) is 16.4 Å². The number of urea groups is 1. The van der Waals surface area contributed by atoms with Gasteiger partial charge in [0.15, 0.2) is 21.4 Å². The minimum Gasteiger partial charge on any atom is -0.490 e. The number of sulfone groups is 1. The van der Waals surface area contributed by atoms with Crippen molar-refractivity contribution in [3.8, 4) is 16.9 Å². The van der Waals surface area contributed by atoms with Crippen LogP contribution in [0.25, 0.3) is 11.1 Å². The van der Waals surface area contributed by atoms with E-state index in [1.165, 1.54) is 41.3 Å². The zero-order chi connectivity index (χ0) is 26.1. The smallest absolute Gasteiger partial charge is 0.331 e. The average Bonchev–Trinajstić information content (AvgIpc) is 2.78. The third kappa shape index (κ3) is 5.85. The molecule has 0 atom stereocenters. The summed E-state index contributed by atoms with van der Waals surface area (Å²) in [4.78, 5) is 13.8. The number of nitrogens with one attached hydrogen (secondary N) is 1. The largest absolute Gasteiger partial charge is 0.490 e. The Morgan fingerprint density at radius 3 is 2.11 bits per heavy atom. The molecule has 1 fully saturated rings. The van der Waals surface area contributed by atoms with Crippen molar-refractivity contribution in [1.82, 2.24) is 9.62 Å². The van der Waals surface area contributed by atoms with Gasteiger partial charge in [-0.1, -0.05) is 35.9 Å². The van der Waals surface area contributed by atoms with Crippen LogP contribution in [0.5, 0.6) is 5.75 Å². The summed E-state index contributed by atoms with van der Waals surface area (Å²) in [6, 6.07) is 16.1. The molecule has 0 spiro atoms. The molecule has 1 heterocycles. The Hall–Kier alpha value is -3.44. The molecule has 1 saturated heterocycles. The fourth-order valence-corrected chi connectivity index (χ4v) is 5.30. The van der Waals surface area contributed by atoms with Gasteiger partial charge in [-0.2, -0.15) is 0 Å². The van der Waals surface area contributed by atoms with Crippen LogP contribution >= 0.6 is 0 Å². The summed E-state index contributed by atoms with van der Waals surface area (Å²) in [5.41, 5.74) is 2.13. The molecule has 4 rings (SSSR count). The quantitative estimate of drug-likeness (QED) is 0.498. The lowest BCUT2D eigenvalue weighted by atomic mass is 10.0. The van der Waals surface area contributed by atoms with Crippen LogP contribution in [0.4, 0.5) is 9.18 Å². The lowest BCUT2D eigenvalue weighted by Crippen LogP contribution is -2.56. The second-order valence-electron chi connectivity index (χ2n) is 8.75. The van der Waals surface area contributed by atoms with Crippen LogP contribution in [0.2, 0.25) is 0 Å². The summed E-state index contributed by atoms with van der Waals surface area (Å²) in [5.74, 6) is -0.588. The summed E-state index contributed by atoms with van der Waals surface area (Å²) >= 11 is 0. The fraction of sp³-hybridized carbons (Fsp3) is 0.240. The fourth-order valence-electron chi connectivity index (χ4n) is 3.70. The molecule has 1 aliphatic heterocycles. The molecule has 0 aromatic heterocycles. The number of hydrogen-bond donors (Lipinski definition) is 1. The van der Waals surface area contributed by atoms with Gasteiger partial charge >= 0.3 is 6.03 Å². The lowest BCUT2D eigenvalue weighted by Gasteiger charge is -2.38. The highest BCUT2D eigenvalue weighted by molar-refractivity contribution is 7.90. The van der Waals surface area contributed by atoms with E-state index in [9.17, 15) is 26.0 Å². The van der Waals surface area contributed by atoms with Crippen molar-refractivity contribution in [2.45, 2.75) is 16.7 Å². The number of carbonyl (C=O) groups excluding carboxylic acids is 1. The molecule has 0 saturated carbocycles. The maximum atomic E-state index is 14.6. The minimum atomic E-state index is -3.96. The molecule has 3 aromatic carbocycles. The summed E-state index contributed by atoms with van der Waals surface area (Å²) in [6.45, 7) is 2.55. The van der Waals surface area contributed by atoms with E-state index in [4.69, 9.17) is 4.74 Å². The summed E-state index contributed by atoms with van der Waals surface area (Å²) in [7, 11) is -7.28. The molecule has 8 nitrogen and oxygen atoms in total. The minimum absolute atomic E-state index is 0.00659. The second-order valence-corrected chi connectivity index (χ2v) is 12.4. The number of hydrogen-bond acceptors (Lipinski definition) is 6. The monoisotopic (exact) mass is 532 g/mol. The number of likely N-dealkylation sites (tertiary alicyclic amines) is 1. The molecule has 0 bridgehead atoms. The van der Waals surface area contributed by atoms with Gasteiger partial charge in [-0.25, -0.2) is 30.7 Å². The zero-order valence-corrected chi connectivity index (χ0v) is 21.3. The van der Waals surface area contributed by atoms with Crippen LogP contribution in [-0.4, -0.2) is 53.7 Å². The van der Waals surface area contributed by atoms with Gasteiger partial charge < -0.3 is 9.64 Å². The number of benzene rings is 3. The van der Waals surface area contributed by atoms with Gasteiger partial charge in [-0.05, 0) is 54.4 Å². The molecule has 11 heteroatoms. The normalized spacial score (nSPS) is 14.2. The first-order valence-corrected chi connectivity index (χ1v) is 14.4. The number of amides is 2. The maximum absolute atomic E-state index is 14.6. The number of sulfonamides is 1. The van der Waals surface area contributed by atoms with E-state index < -0.39 is 31.7 Å². The number of rotatable bonds is 7. The van der Waals surface area contributed by atoms with E-state index in [-0.39, 0.29) is 41.2 Å². The number of halogens is 1. The molecule has 0 radical (unpaired) electrons. The molecule has 1 aliphatic rings. The number of nitrogens with zero attached hydrogens (tertiary/aromatic N) is 1. The first-order valence-electron chi connectivity index (χ1n) is 11.0. The van der Waals surface area contributed by atoms with Crippen molar-refractivity contribution in [3.05, 3.63) is 78.1 Å². The Kier molecular flexibility index (Phi) is 7.05. The predicted octanol–water partition coefficient (Wildman–Crippen LogP) is 3.61. The van der Waals surface area contributed by atoms with Gasteiger partial charge in [-0.3, -0.25) is 0 Å². The number of carbonyl (C=O) groups is 1. The van der Waals surface area contributed by atoms with E-state index in [1.807, 2.05) is 6.92 Å². The predicted molar refractivity (Wildman–Crippen MR) is 132 cm³/mol. The highest BCUT2D eigenvalue weighted by Gasteiger charge is 2.33. The van der Waals surface area contributed by atoms with Crippen molar-refractivity contribution < 1.29 is 30.8 Å². The maximum Gasteiger partial charge on any atom is 0.331 e. The Bertz CT molecular complexity index is 1480. The molecule has 0 aliphatic carbocycles. The summed E-state index contributed by atoms with van der Waals surface area (Å²) in [5, 5.41) is 0. The standard InChI is InChI=1S/C25H25FN2O6S2/c1-17-3-8-22(9-4-17)36(32,33)27-25(29)28-14-18(15-28)16-34-24-12-7-20(13-23(24)26)19-5-10-21(11-6-19)35(2,30)31/h3-13,18H,14-16H2,1-2H3,(H,27,29). The van der Waals surface area contributed by atoms with Crippen LogP contribution in [-0.2, 0) is 19.9 Å². The molecule has 190 valence electrons. The molecule has 0 unspecified atom stereocenters. The average molecular weight is 533 g/mol. The molecule has 36 heavy (non-hydrogen) atoms. The Balaban J connectivity index is 1.29. The number of aryl methyl sites for hydroxylation is 1. The van der Waals surface area contributed by atoms with Crippen molar-refractivity contribution >= 4 is 25.9 Å². The molecular weight excluding hydrogens is 507 g/mol. The Morgan fingerprint density at radius 2 is 1.53 bits per heavy atom. The number of ether oxygens (including phenoxy) is 1. The van der Waals surface area contributed by atoms with Gasteiger partial charge in [0.2, 0.25) is 0 Å². The molecule has 1 N–H and O–H groups in total. The van der Waals surface area contributed by atoms with Crippen LogP contribution < -0.4 is 9.46 Å². The van der Waals surface area contributed by atoms with E-state index >= 15 is 0 Å². The van der Waals surface area contributed by atoms with Crippen molar-refractivity contribution in [2.75, 3.05) is 26.0 Å². The van der Waals surface area contributed by atoms with Crippen LogP contribution in [0.1, 0.15) is 5.56 Å². The van der Waals surface area contributed by atoms with E-state index in [1.54, 1.807) is 30.3 Å². The van der Waals surface area contributed by atoms with Crippen molar-refractivity contribution in [3.63, 3.8) is 0 Å². The van der Waals surface area contributed by atoms with Crippen LogP contribution in [0.3, 0.4) is 0 Å². The zero-order valence-electron chi connectivity index (χ0n) is 19.6. The first kappa shape index (κ1) is 25.6. The highest BCUT2D eigenvalue weighted by atomic mass is 32.2. The van der Waals surface area contributed by atoms with Gasteiger partial charge in [0.1, 0.15) is 0 Å². The molecule has 3 aromatic rings. The Morgan fingerprint density at radius 1 is 0.944 bits per heavy atom. The highest BCUT2D eigenvalue weighted by Crippen LogP contribution is 2.28. The SMILES string of the molecule is Cc1ccc(S(=O)(=O)NC(=O)N2CC(COc3ccc(-c4ccc(S(C)(=O)=O)cc4)cc3F)C2)cc1. The third-order valence-electron chi connectivity index (χ3n) is 5.82. The van der Waals surface area contributed by atoms with Crippen molar-refractivity contribution in [1.29, 1.82) is 0 Å². The van der Waals surface area contributed by atoms with E-state index in [2.05, 4.69) is 4.72 Å². The summed E-state index contributed by atoms with van der Waals surface area (Å²) in [6.07, 6.45) is 1.12. The van der Waals surface area contributed by atoms with Gasteiger partial charge in [0, 0.05) is 25.3 Å². The van der Waals surface area contributed by atoms with Crippen LogP contribution in [0.15, 0.2) is 76.5 Å². The first-order chi connectivity index (χ1) is 16.9. The van der Waals surface area contributed by atoms with Gasteiger partial charge in [0.25, 0.3) is 10.0 Å². The van der Waals surface area contributed by atoms with E-state index in [0.717, 1.165) is 11.8 Å². The molecular formula is C25H25FN2O6S2. The third-order valence-corrected chi connectivity index (χ3v) is 8.28. The molecule has 2 amide bonds. The van der Waals surface area contributed by atoms with E-state index in [0.29, 0.717) is 11.1 Å². The topological polar surface area (TPSA) is 110 Å². The van der Waals surface area contributed by atoms with Crippen LogP contribution in [0, 0.1) is 18.7 Å². The van der Waals surface area contributed by atoms with Crippen molar-refractivity contribution in [2.24, 2.45) is 5.92 Å². The Labute approximate surface area is 209 Å². The summed E-state index contributed by atoms with van der Waals surface area (Å²) < 4.78 is 70.1.